The van der Waals surface area contributed by atoms with Gasteiger partial charge in [-0.25, -0.2) is 8.42 Å². The van der Waals surface area contributed by atoms with Crippen LogP contribution in [0.4, 0.5) is 5.69 Å². The van der Waals surface area contributed by atoms with Crippen molar-refractivity contribution in [3.63, 3.8) is 0 Å². The van der Waals surface area contributed by atoms with Crippen LogP contribution in [0.1, 0.15) is 34.1 Å². The van der Waals surface area contributed by atoms with Crippen molar-refractivity contribution in [3.8, 4) is 0 Å². The van der Waals surface area contributed by atoms with E-state index in [9.17, 15) is 13.2 Å². The quantitative estimate of drug-likeness (QED) is 0.651. The van der Waals surface area contributed by atoms with Gasteiger partial charge in [0.05, 0.1) is 23.0 Å². The van der Waals surface area contributed by atoms with E-state index < -0.39 is 27.6 Å². The van der Waals surface area contributed by atoms with Crippen LogP contribution in [0.5, 0.6) is 0 Å². The summed E-state index contributed by atoms with van der Waals surface area (Å²) in [6.07, 6.45) is -0.0774. The van der Waals surface area contributed by atoms with Gasteiger partial charge in [-0.3, -0.25) is 9.10 Å². The van der Waals surface area contributed by atoms with E-state index in [-0.39, 0.29) is 11.3 Å². The van der Waals surface area contributed by atoms with Crippen molar-refractivity contribution in [1.29, 1.82) is 0 Å². The van der Waals surface area contributed by atoms with E-state index >= 15 is 0 Å². The third kappa shape index (κ3) is 5.71. The second-order valence-corrected chi connectivity index (χ2v) is 9.48. The van der Waals surface area contributed by atoms with Gasteiger partial charge in [0.2, 0.25) is 0 Å². The zero-order chi connectivity index (χ0) is 20.2. The number of nitrogens with zero attached hydrogens (tertiary/aromatic N) is 1. The molecule has 2 aromatic carbocycles. The molecule has 0 bridgehead atoms. The highest BCUT2D eigenvalue weighted by Gasteiger charge is 2.31. The molecule has 0 aliphatic heterocycles. The Balaban J connectivity index is 2.41. The molecule has 0 aromatic heterocycles. The standard InChI is InChI=1S/C20H24ClNO4S/c1-15(14-19(23)26-20(2,3)4)22(17-12-10-16(21)11-13-17)27(24,25)18-8-6-5-7-9-18/h5-13,15H,14H2,1-4H3. The Morgan fingerprint density at radius 3 is 2.15 bits per heavy atom. The topological polar surface area (TPSA) is 63.7 Å². The third-order valence-electron chi connectivity index (χ3n) is 3.66. The van der Waals surface area contributed by atoms with Crippen molar-refractivity contribution >= 4 is 33.3 Å². The molecule has 0 aliphatic carbocycles. The van der Waals surface area contributed by atoms with Crippen molar-refractivity contribution in [3.05, 3.63) is 59.6 Å². The van der Waals surface area contributed by atoms with Gasteiger partial charge in [-0.2, -0.15) is 0 Å². The minimum atomic E-state index is -3.87. The summed E-state index contributed by atoms with van der Waals surface area (Å²) in [5.74, 6) is -0.461. The molecule has 0 radical (unpaired) electrons. The van der Waals surface area contributed by atoms with Crippen LogP contribution in [0.2, 0.25) is 5.02 Å². The Morgan fingerprint density at radius 1 is 1.07 bits per heavy atom. The molecule has 0 saturated heterocycles. The van der Waals surface area contributed by atoms with Crippen LogP contribution in [-0.2, 0) is 19.6 Å². The van der Waals surface area contributed by atoms with Gasteiger partial charge in [0, 0.05) is 5.02 Å². The Morgan fingerprint density at radius 2 is 1.63 bits per heavy atom. The number of hydrogen-bond donors (Lipinski definition) is 0. The number of carbonyl (C=O) groups excluding carboxylic acids is 1. The van der Waals surface area contributed by atoms with Crippen LogP contribution in [0.3, 0.4) is 0 Å². The molecule has 0 amide bonds. The molecule has 0 saturated carbocycles. The third-order valence-corrected chi connectivity index (χ3v) is 5.87. The molecular formula is C20H24ClNO4S. The molecule has 0 N–H and O–H groups in total. The molecule has 7 heteroatoms. The number of anilines is 1. The Kier molecular flexibility index (Phi) is 6.54. The summed E-state index contributed by atoms with van der Waals surface area (Å²) in [5.41, 5.74) is -0.209. The van der Waals surface area contributed by atoms with Crippen molar-refractivity contribution < 1.29 is 17.9 Å². The van der Waals surface area contributed by atoms with Crippen molar-refractivity contribution in [1.82, 2.24) is 0 Å². The number of hydrogen-bond acceptors (Lipinski definition) is 4. The number of carbonyl (C=O) groups is 1. The lowest BCUT2D eigenvalue weighted by molar-refractivity contribution is -0.155. The highest BCUT2D eigenvalue weighted by molar-refractivity contribution is 7.92. The van der Waals surface area contributed by atoms with E-state index in [0.29, 0.717) is 10.7 Å². The number of halogens is 1. The van der Waals surface area contributed by atoms with Gasteiger partial charge in [-0.05, 0) is 64.1 Å². The average molecular weight is 410 g/mol. The SMILES string of the molecule is CC(CC(=O)OC(C)(C)C)N(c1ccc(Cl)cc1)S(=O)(=O)c1ccccc1. The summed E-state index contributed by atoms with van der Waals surface area (Å²) in [6.45, 7) is 6.99. The number of ether oxygens (including phenoxy) is 1. The predicted molar refractivity (Wildman–Crippen MR) is 107 cm³/mol. The smallest absolute Gasteiger partial charge is 0.308 e. The summed E-state index contributed by atoms with van der Waals surface area (Å²) in [7, 11) is -3.87. The molecule has 0 aliphatic rings. The lowest BCUT2D eigenvalue weighted by Crippen LogP contribution is -2.41. The first kappa shape index (κ1) is 21.3. The molecule has 146 valence electrons. The van der Waals surface area contributed by atoms with Crippen molar-refractivity contribution in [2.75, 3.05) is 4.31 Å². The molecule has 2 aromatic rings. The number of esters is 1. The molecule has 27 heavy (non-hydrogen) atoms. The average Bonchev–Trinajstić information content (AvgIpc) is 2.55. The number of benzene rings is 2. The van der Waals surface area contributed by atoms with Crippen LogP contribution >= 0.6 is 11.6 Å². The summed E-state index contributed by atoms with van der Waals surface area (Å²) in [5, 5.41) is 0.496. The minimum absolute atomic E-state index is 0.0774. The lowest BCUT2D eigenvalue weighted by Gasteiger charge is -2.31. The maximum atomic E-state index is 13.3. The molecule has 0 heterocycles. The highest BCUT2D eigenvalue weighted by Crippen LogP contribution is 2.28. The van der Waals surface area contributed by atoms with Gasteiger partial charge in [0.1, 0.15) is 5.60 Å². The minimum Gasteiger partial charge on any atom is -0.460 e. The molecular weight excluding hydrogens is 386 g/mol. The molecule has 0 fully saturated rings. The van der Waals surface area contributed by atoms with E-state index in [1.807, 2.05) is 0 Å². The van der Waals surface area contributed by atoms with Gasteiger partial charge in [-0.1, -0.05) is 29.8 Å². The van der Waals surface area contributed by atoms with Gasteiger partial charge >= 0.3 is 5.97 Å². The molecule has 1 unspecified atom stereocenters. The summed E-state index contributed by atoms with van der Waals surface area (Å²) in [4.78, 5) is 12.4. The Labute approximate surface area is 166 Å². The second kappa shape index (κ2) is 8.31. The first-order chi connectivity index (χ1) is 12.5. The van der Waals surface area contributed by atoms with E-state index in [2.05, 4.69) is 0 Å². The first-order valence-corrected chi connectivity index (χ1v) is 10.4. The fourth-order valence-electron chi connectivity index (χ4n) is 2.63. The normalized spacial score (nSPS) is 13.1. The van der Waals surface area contributed by atoms with Crippen LogP contribution in [-0.4, -0.2) is 26.0 Å². The van der Waals surface area contributed by atoms with Crippen molar-refractivity contribution in [2.45, 2.75) is 50.7 Å². The van der Waals surface area contributed by atoms with Crippen LogP contribution < -0.4 is 4.31 Å². The van der Waals surface area contributed by atoms with Gasteiger partial charge in [0.15, 0.2) is 0 Å². The van der Waals surface area contributed by atoms with Crippen LogP contribution in [0.25, 0.3) is 0 Å². The second-order valence-electron chi connectivity index (χ2n) is 7.23. The predicted octanol–water partition coefficient (Wildman–Crippen LogP) is 4.66. The summed E-state index contributed by atoms with van der Waals surface area (Å²) in [6, 6.07) is 13.9. The van der Waals surface area contributed by atoms with Crippen LogP contribution in [0.15, 0.2) is 59.5 Å². The maximum absolute atomic E-state index is 13.3. The zero-order valence-corrected chi connectivity index (χ0v) is 17.4. The lowest BCUT2D eigenvalue weighted by atomic mass is 10.1. The number of rotatable bonds is 6. The molecule has 0 spiro atoms. The highest BCUT2D eigenvalue weighted by atomic mass is 35.5. The fraction of sp³-hybridized carbons (Fsp3) is 0.350. The van der Waals surface area contributed by atoms with E-state index in [4.69, 9.17) is 16.3 Å². The van der Waals surface area contributed by atoms with Crippen LogP contribution in [0, 0.1) is 0 Å². The largest absolute Gasteiger partial charge is 0.460 e. The number of sulfonamides is 1. The monoisotopic (exact) mass is 409 g/mol. The molecule has 1 atom stereocenters. The van der Waals surface area contributed by atoms with E-state index in [1.54, 1.807) is 70.2 Å². The first-order valence-electron chi connectivity index (χ1n) is 8.57. The van der Waals surface area contributed by atoms with E-state index in [1.165, 1.54) is 16.4 Å². The molecule has 5 nitrogen and oxygen atoms in total. The molecule has 2 rings (SSSR count). The fourth-order valence-corrected chi connectivity index (χ4v) is 4.43. The van der Waals surface area contributed by atoms with Crippen molar-refractivity contribution in [2.24, 2.45) is 0 Å². The van der Waals surface area contributed by atoms with E-state index in [0.717, 1.165) is 0 Å². The Bertz CT molecular complexity index is 874. The Hall–Kier alpha value is -2.05. The zero-order valence-electron chi connectivity index (χ0n) is 15.8. The van der Waals surface area contributed by atoms with Gasteiger partial charge < -0.3 is 4.74 Å². The summed E-state index contributed by atoms with van der Waals surface area (Å²) < 4.78 is 33.1. The summed E-state index contributed by atoms with van der Waals surface area (Å²) >= 11 is 5.94. The maximum Gasteiger partial charge on any atom is 0.308 e. The van der Waals surface area contributed by atoms with Gasteiger partial charge in [0.25, 0.3) is 10.0 Å². The van der Waals surface area contributed by atoms with Gasteiger partial charge in [-0.15, -0.1) is 0 Å².